The van der Waals surface area contributed by atoms with E-state index in [1.165, 1.54) is 5.57 Å². The quantitative estimate of drug-likeness (QED) is 0.541. The lowest BCUT2D eigenvalue weighted by Gasteiger charge is -2.29. The lowest BCUT2D eigenvalue weighted by Crippen LogP contribution is -2.29. The van der Waals surface area contributed by atoms with Gasteiger partial charge in [0.1, 0.15) is 0 Å². The van der Waals surface area contributed by atoms with E-state index in [2.05, 4.69) is 27.7 Å². The number of carbonyl (C=O) groups is 1. The molecule has 68 valence electrons. The van der Waals surface area contributed by atoms with Gasteiger partial charge in [-0.15, -0.1) is 0 Å². The summed E-state index contributed by atoms with van der Waals surface area (Å²) < 4.78 is 0. The van der Waals surface area contributed by atoms with Gasteiger partial charge in [-0.2, -0.15) is 0 Å². The zero-order valence-corrected chi connectivity index (χ0v) is 8.64. The summed E-state index contributed by atoms with van der Waals surface area (Å²) in [4.78, 5) is 11.6. The Morgan fingerprint density at radius 3 is 2.00 bits per heavy atom. The second-order valence-corrected chi connectivity index (χ2v) is 4.92. The molecule has 1 aliphatic carbocycles. The molecule has 0 aromatic heterocycles. The van der Waals surface area contributed by atoms with Crippen molar-refractivity contribution in [2.75, 3.05) is 0 Å². The zero-order chi connectivity index (χ0) is 9.52. The predicted molar refractivity (Wildman–Crippen MR) is 50.9 cm³/mol. The minimum Gasteiger partial charge on any atom is -0.295 e. The molecule has 0 saturated carbocycles. The van der Waals surface area contributed by atoms with Gasteiger partial charge < -0.3 is 0 Å². The highest BCUT2D eigenvalue weighted by Crippen LogP contribution is 2.40. The smallest absolute Gasteiger partial charge is 0.159 e. The summed E-state index contributed by atoms with van der Waals surface area (Å²) in [5, 5.41) is 0. The highest BCUT2D eigenvalue weighted by atomic mass is 16.1. The van der Waals surface area contributed by atoms with Crippen LogP contribution in [0.25, 0.3) is 0 Å². The molecule has 0 heterocycles. The van der Waals surface area contributed by atoms with E-state index in [1.54, 1.807) is 6.08 Å². The Labute approximate surface area is 74.9 Å². The number of hydrogen-bond acceptors (Lipinski definition) is 1. The molecule has 0 saturated heterocycles. The fourth-order valence-corrected chi connectivity index (χ4v) is 2.13. The summed E-state index contributed by atoms with van der Waals surface area (Å²) in [7, 11) is 0. The minimum atomic E-state index is 0.102. The van der Waals surface area contributed by atoms with Crippen LogP contribution < -0.4 is 0 Å². The lowest BCUT2D eigenvalue weighted by molar-refractivity contribution is -0.121. The van der Waals surface area contributed by atoms with Crippen LogP contribution in [0.3, 0.4) is 0 Å². The summed E-state index contributed by atoms with van der Waals surface area (Å²) in [6, 6.07) is 0. The number of carbonyl (C=O) groups excluding carboxylic acids is 1. The second-order valence-electron chi connectivity index (χ2n) is 4.92. The van der Waals surface area contributed by atoms with Crippen molar-refractivity contribution >= 4 is 5.78 Å². The van der Waals surface area contributed by atoms with Crippen molar-refractivity contribution in [2.24, 2.45) is 17.3 Å². The number of ketones is 1. The molecule has 0 aliphatic heterocycles. The van der Waals surface area contributed by atoms with E-state index in [-0.39, 0.29) is 11.3 Å². The average Bonchev–Trinajstić information content (AvgIpc) is 2.05. The van der Waals surface area contributed by atoms with Crippen LogP contribution in [0, 0.1) is 17.3 Å². The topological polar surface area (TPSA) is 17.1 Å². The molecule has 2 unspecified atom stereocenters. The van der Waals surface area contributed by atoms with Crippen LogP contribution in [-0.4, -0.2) is 5.78 Å². The van der Waals surface area contributed by atoms with Crippen molar-refractivity contribution in [3.05, 3.63) is 11.6 Å². The first kappa shape index (κ1) is 9.50. The van der Waals surface area contributed by atoms with E-state index in [9.17, 15) is 4.79 Å². The maximum absolute atomic E-state index is 11.6. The fourth-order valence-electron chi connectivity index (χ4n) is 2.13. The third kappa shape index (κ3) is 1.45. The van der Waals surface area contributed by atoms with Crippen LogP contribution >= 0.6 is 0 Å². The Morgan fingerprint density at radius 1 is 1.33 bits per heavy atom. The van der Waals surface area contributed by atoms with Crippen molar-refractivity contribution in [3.8, 4) is 0 Å². The predicted octanol–water partition coefficient (Wildman–Crippen LogP) is 2.81. The van der Waals surface area contributed by atoms with Crippen molar-refractivity contribution in [2.45, 2.75) is 34.6 Å². The molecule has 0 amide bonds. The van der Waals surface area contributed by atoms with Gasteiger partial charge in [0.2, 0.25) is 0 Å². The third-order valence-electron chi connectivity index (χ3n) is 2.83. The van der Waals surface area contributed by atoms with Gasteiger partial charge in [0.05, 0.1) is 0 Å². The Morgan fingerprint density at radius 2 is 1.83 bits per heavy atom. The maximum Gasteiger partial charge on any atom is 0.159 e. The Bertz CT molecular complexity index is 230. The van der Waals surface area contributed by atoms with E-state index in [4.69, 9.17) is 0 Å². The van der Waals surface area contributed by atoms with Gasteiger partial charge in [-0.25, -0.2) is 0 Å². The Hall–Kier alpha value is -0.590. The van der Waals surface area contributed by atoms with Gasteiger partial charge in [0.25, 0.3) is 0 Å². The molecule has 0 aromatic carbocycles. The standard InChI is InChI=1S/C11H18O/c1-7-6-9(12)10(8(7)2)11(3,4)5/h6,8,10H,1-5H3. The van der Waals surface area contributed by atoms with Crippen LogP contribution in [0.15, 0.2) is 11.6 Å². The molecule has 2 atom stereocenters. The van der Waals surface area contributed by atoms with Crippen molar-refractivity contribution in [3.63, 3.8) is 0 Å². The minimum absolute atomic E-state index is 0.102. The van der Waals surface area contributed by atoms with Crippen LogP contribution in [-0.2, 0) is 4.79 Å². The zero-order valence-electron chi connectivity index (χ0n) is 8.64. The first-order chi connectivity index (χ1) is 5.34. The van der Waals surface area contributed by atoms with E-state index >= 15 is 0 Å². The molecule has 0 radical (unpaired) electrons. The molecule has 0 fully saturated rings. The molecular formula is C11H18O. The van der Waals surface area contributed by atoms with E-state index < -0.39 is 0 Å². The van der Waals surface area contributed by atoms with Gasteiger partial charge in [-0.1, -0.05) is 33.3 Å². The summed E-state index contributed by atoms with van der Waals surface area (Å²) in [5.74, 6) is 0.933. The molecule has 1 nitrogen and oxygen atoms in total. The molecule has 0 aromatic rings. The second kappa shape index (κ2) is 2.72. The van der Waals surface area contributed by atoms with Crippen molar-refractivity contribution in [1.82, 2.24) is 0 Å². The molecule has 12 heavy (non-hydrogen) atoms. The Balaban J connectivity index is 2.91. The summed E-state index contributed by atoms with van der Waals surface area (Å²) in [5.41, 5.74) is 1.34. The summed E-state index contributed by atoms with van der Waals surface area (Å²) >= 11 is 0. The van der Waals surface area contributed by atoms with Crippen LogP contribution in [0.5, 0.6) is 0 Å². The first-order valence-electron chi connectivity index (χ1n) is 4.56. The number of rotatable bonds is 0. The van der Waals surface area contributed by atoms with Crippen LogP contribution in [0.2, 0.25) is 0 Å². The van der Waals surface area contributed by atoms with Gasteiger partial charge in [0, 0.05) is 5.92 Å². The highest BCUT2D eigenvalue weighted by molar-refractivity contribution is 5.96. The molecule has 1 aliphatic rings. The van der Waals surface area contributed by atoms with Gasteiger partial charge in [-0.3, -0.25) is 4.79 Å². The van der Waals surface area contributed by atoms with Crippen LogP contribution in [0.1, 0.15) is 34.6 Å². The molecular weight excluding hydrogens is 148 g/mol. The van der Waals surface area contributed by atoms with E-state index in [0.29, 0.717) is 11.7 Å². The normalized spacial score (nSPS) is 30.8. The highest BCUT2D eigenvalue weighted by Gasteiger charge is 2.39. The maximum atomic E-state index is 11.6. The van der Waals surface area contributed by atoms with Crippen molar-refractivity contribution in [1.29, 1.82) is 0 Å². The largest absolute Gasteiger partial charge is 0.295 e. The van der Waals surface area contributed by atoms with Crippen molar-refractivity contribution < 1.29 is 4.79 Å². The molecule has 0 bridgehead atoms. The molecule has 1 rings (SSSR count). The van der Waals surface area contributed by atoms with E-state index in [1.807, 2.05) is 6.92 Å². The monoisotopic (exact) mass is 166 g/mol. The summed E-state index contributed by atoms with van der Waals surface area (Å²) in [6.45, 7) is 10.6. The third-order valence-corrected chi connectivity index (χ3v) is 2.83. The first-order valence-corrected chi connectivity index (χ1v) is 4.56. The average molecular weight is 166 g/mol. The van der Waals surface area contributed by atoms with Crippen LogP contribution in [0.4, 0.5) is 0 Å². The molecule has 0 N–H and O–H groups in total. The Kier molecular flexibility index (Phi) is 2.15. The van der Waals surface area contributed by atoms with Gasteiger partial charge in [-0.05, 0) is 24.3 Å². The molecule has 1 heteroatoms. The fraction of sp³-hybridized carbons (Fsp3) is 0.727. The SMILES string of the molecule is CC1=CC(=O)C(C(C)(C)C)C1C. The lowest BCUT2D eigenvalue weighted by atomic mass is 9.73. The van der Waals surface area contributed by atoms with Gasteiger partial charge in [0.15, 0.2) is 5.78 Å². The summed E-state index contributed by atoms with van der Waals surface area (Å²) in [6.07, 6.45) is 1.81. The number of allylic oxidation sites excluding steroid dienone is 2. The molecule has 0 spiro atoms. The number of hydrogen-bond donors (Lipinski definition) is 0. The van der Waals surface area contributed by atoms with Gasteiger partial charge >= 0.3 is 0 Å². The van der Waals surface area contributed by atoms with E-state index in [0.717, 1.165) is 0 Å².